The molecular formula is C29H46O24-4. The Morgan fingerprint density at radius 2 is 0.736 bits per heavy atom. The first-order valence-electron chi connectivity index (χ1n) is 14.9. The summed E-state index contributed by atoms with van der Waals surface area (Å²) < 4.78 is 46.0. The third-order valence-electron chi connectivity index (χ3n) is 8.57. The van der Waals surface area contributed by atoms with Crippen LogP contribution in [0.1, 0.15) is 16.3 Å². The highest BCUT2D eigenvalue weighted by atomic mass is 16.8. The van der Waals surface area contributed by atoms with E-state index in [0.717, 1.165) is 14.2 Å². The second-order valence-corrected chi connectivity index (χ2v) is 11.8. The van der Waals surface area contributed by atoms with Crippen molar-refractivity contribution in [1.29, 1.82) is 0 Å². The van der Waals surface area contributed by atoms with Crippen LogP contribution in [0.15, 0.2) is 12.3 Å². The molecule has 24 heteroatoms. The summed E-state index contributed by atoms with van der Waals surface area (Å²) >= 11 is 0. The van der Waals surface area contributed by atoms with Crippen molar-refractivity contribution in [3.8, 4) is 0 Å². The Labute approximate surface area is 302 Å². The van der Waals surface area contributed by atoms with Crippen LogP contribution in [0.3, 0.4) is 0 Å². The number of aliphatic hydroxyl groups excluding tert-OH is 8. The highest BCUT2D eigenvalue weighted by Crippen LogP contribution is 2.35. The molecule has 0 amide bonds. The van der Waals surface area contributed by atoms with Crippen molar-refractivity contribution in [2.75, 3.05) is 14.2 Å². The minimum atomic E-state index is -2.46. The summed E-state index contributed by atoms with van der Waals surface area (Å²) in [5.41, 5.74) is 0. The normalized spacial score (nSPS) is 45.9. The minimum absolute atomic E-state index is 0. The molecule has 8 N–H and O–H groups in total. The Hall–Kier alpha value is -2.73. The molecule has 0 spiro atoms. The largest absolute Gasteiger partial charge is 0.874 e. The van der Waals surface area contributed by atoms with Crippen molar-refractivity contribution in [2.24, 2.45) is 0 Å². The molecule has 4 aliphatic rings. The lowest BCUT2D eigenvalue weighted by atomic mass is 9.95. The molecular weight excluding hydrogens is 732 g/mol. The van der Waals surface area contributed by atoms with Gasteiger partial charge in [0, 0.05) is 15.6 Å². The Bertz CT molecular complexity index is 1260. The summed E-state index contributed by atoms with van der Waals surface area (Å²) in [6.45, 7) is 3.12. The molecule has 4 saturated heterocycles. The lowest BCUT2D eigenvalue weighted by molar-refractivity contribution is -0.407. The maximum absolute atomic E-state index is 12.5. The zero-order valence-electron chi connectivity index (χ0n) is 26.4. The molecule has 0 aromatic rings. The number of carbonyl (C=O) groups is 3. The highest BCUT2D eigenvalue weighted by molar-refractivity contribution is 5.72. The number of carboxylic acids is 3. The van der Waals surface area contributed by atoms with Gasteiger partial charge in [-0.1, -0.05) is 14.9 Å². The van der Waals surface area contributed by atoms with Crippen molar-refractivity contribution < 1.29 is 120 Å². The number of hydrogen-bond acceptors (Lipinski definition) is 24. The fraction of sp³-hybridized carbons (Fsp3) is 0.828. The number of methoxy groups -OCH3 is 2. The van der Waals surface area contributed by atoms with Crippen LogP contribution in [0.25, 0.3) is 0 Å². The number of aliphatic hydroxyl groups is 8. The molecule has 4 aliphatic heterocycles. The van der Waals surface area contributed by atoms with Crippen LogP contribution >= 0.6 is 0 Å². The van der Waals surface area contributed by atoms with E-state index < -0.39 is 146 Å². The first kappa shape index (κ1) is 46.4. The van der Waals surface area contributed by atoms with E-state index in [1.165, 1.54) is 0 Å². The lowest BCUT2D eigenvalue weighted by Gasteiger charge is -2.50. The lowest BCUT2D eigenvalue weighted by Crippen LogP contribution is -2.69. The second-order valence-electron chi connectivity index (χ2n) is 11.8. The van der Waals surface area contributed by atoms with Gasteiger partial charge in [-0.25, -0.2) is 0 Å². The van der Waals surface area contributed by atoms with Gasteiger partial charge in [0.1, 0.15) is 97.7 Å². The summed E-state index contributed by atoms with van der Waals surface area (Å²) in [7, 11) is 1.99. The first-order valence-corrected chi connectivity index (χ1v) is 14.9. The van der Waals surface area contributed by atoms with Gasteiger partial charge in [0.05, 0.1) is 17.9 Å². The fourth-order valence-electron chi connectivity index (χ4n) is 5.89. The van der Waals surface area contributed by atoms with Crippen molar-refractivity contribution >= 4 is 17.9 Å². The molecule has 24 nitrogen and oxygen atoms in total. The fourth-order valence-corrected chi connectivity index (χ4v) is 5.89. The molecule has 0 radical (unpaired) electrons. The highest BCUT2D eigenvalue weighted by Gasteiger charge is 2.55. The summed E-state index contributed by atoms with van der Waals surface area (Å²) in [6, 6.07) is 0. The van der Waals surface area contributed by atoms with Crippen LogP contribution < -0.4 is 20.4 Å². The number of carbonyl (C=O) groups excluding carboxylic acids is 3. The van der Waals surface area contributed by atoms with Gasteiger partial charge in [-0.05, 0) is 0 Å². The van der Waals surface area contributed by atoms with E-state index in [4.69, 9.17) is 42.6 Å². The van der Waals surface area contributed by atoms with Crippen LogP contribution in [0.2, 0.25) is 0 Å². The van der Waals surface area contributed by atoms with Crippen LogP contribution in [0, 0.1) is 0 Å². The number of rotatable bonds is 12. The first-order chi connectivity index (χ1) is 23.9. The summed E-state index contributed by atoms with van der Waals surface area (Å²) in [4.78, 5) is 35.3. The molecule has 0 aliphatic carbocycles. The van der Waals surface area contributed by atoms with Gasteiger partial charge in [0.25, 0.3) is 0 Å². The van der Waals surface area contributed by atoms with Crippen LogP contribution in [-0.2, 0) is 57.0 Å². The molecule has 0 aromatic carbocycles. The summed E-state index contributed by atoms with van der Waals surface area (Å²) in [5, 5.41) is 133. The third kappa shape index (κ3) is 9.22. The monoisotopic (exact) mass is 778 g/mol. The van der Waals surface area contributed by atoms with E-state index in [0.29, 0.717) is 0 Å². The number of ether oxygens (including phenoxy) is 9. The van der Waals surface area contributed by atoms with E-state index in [2.05, 4.69) is 6.58 Å². The average molecular weight is 779 g/mol. The molecule has 53 heavy (non-hydrogen) atoms. The summed E-state index contributed by atoms with van der Waals surface area (Å²) in [6.07, 6.45) is -42.9. The minimum Gasteiger partial charge on any atom is -0.874 e. The number of hydrogen-bond donors (Lipinski definition) is 8. The van der Waals surface area contributed by atoms with Crippen LogP contribution in [0.5, 0.6) is 0 Å². The third-order valence-corrected chi connectivity index (χ3v) is 8.57. The quantitative estimate of drug-likeness (QED) is 0.0852. The molecule has 0 aromatic heterocycles. The zero-order valence-corrected chi connectivity index (χ0v) is 26.4. The van der Waals surface area contributed by atoms with Gasteiger partial charge in [-0.15, -0.1) is 12.3 Å². The van der Waals surface area contributed by atoms with E-state index >= 15 is 0 Å². The van der Waals surface area contributed by atoms with Crippen LogP contribution in [-0.4, -0.2) is 196 Å². The van der Waals surface area contributed by atoms with Crippen LogP contribution in [0.4, 0.5) is 0 Å². The van der Waals surface area contributed by atoms with Crippen molar-refractivity contribution in [3.05, 3.63) is 12.3 Å². The topological polar surface area (TPSA) is 388 Å². The van der Waals surface area contributed by atoms with Crippen molar-refractivity contribution in [3.63, 3.8) is 0 Å². The Kier molecular flexibility index (Phi) is 16.4. The Morgan fingerprint density at radius 1 is 0.472 bits per heavy atom. The van der Waals surface area contributed by atoms with E-state index in [9.17, 15) is 75.7 Å². The maximum Gasteiger partial charge on any atom is 0.187 e. The van der Waals surface area contributed by atoms with Gasteiger partial charge >= 0.3 is 0 Å². The van der Waals surface area contributed by atoms with Crippen molar-refractivity contribution in [1.82, 2.24) is 0 Å². The Balaban J connectivity index is 0.00000486. The van der Waals surface area contributed by atoms with Gasteiger partial charge in [0.2, 0.25) is 0 Å². The molecule has 0 bridgehead atoms. The van der Waals surface area contributed by atoms with Gasteiger partial charge < -0.3 is 118 Å². The smallest absolute Gasteiger partial charge is 0.187 e. The predicted octanol–water partition coefficient (Wildman–Crippen LogP) is -10.8. The molecule has 20 atom stereocenters. The SMILES string of the molecule is C.C.C=C([O-])C1O[C@@H](O[C@H]2C(O)C(O)[C@H](OC)O[C@H]2C(=O)[O-])C(O)[C@@H](O)[C@@H]1O[C@@H]1OC(C(=O)[O-])[C@@H](O[C@@H]2OC(C(=O)[O-])[C@@H](OC)[C@@H](O)C2O)C(O)C1O.[HH]. The van der Waals surface area contributed by atoms with Gasteiger partial charge in [-0.3, -0.25) is 0 Å². The van der Waals surface area contributed by atoms with Gasteiger partial charge in [0.15, 0.2) is 25.2 Å². The molecule has 4 fully saturated rings. The van der Waals surface area contributed by atoms with E-state index in [-0.39, 0.29) is 16.3 Å². The molecule has 9 unspecified atom stereocenters. The second kappa shape index (κ2) is 18.7. The Morgan fingerprint density at radius 3 is 1.04 bits per heavy atom. The predicted molar refractivity (Wildman–Crippen MR) is 155 cm³/mol. The van der Waals surface area contributed by atoms with E-state index in [1.807, 2.05) is 0 Å². The zero-order chi connectivity index (χ0) is 38.2. The van der Waals surface area contributed by atoms with E-state index in [1.54, 1.807) is 0 Å². The molecule has 4 rings (SSSR count). The number of carboxylic acid groups (broad SMARTS) is 3. The summed E-state index contributed by atoms with van der Waals surface area (Å²) in [5.74, 6) is -7.30. The molecule has 0 saturated carbocycles. The van der Waals surface area contributed by atoms with Crippen molar-refractivity contribution in [2.45, 2.75) is 138 Å². The van der Waals surface area contributed by atoms with Gasteiger partial charge in [-0.2, -0.15) is 0 Å². The molecule has 4 heterocycles. The number of aliphatic carboxylic acids is 3. The standard InChI is InChI=1S/C27H40O24.2CH4.H2/c1-4(28)13-15(7(31)11(35)25(45-13)47-16-6(30)9(33)24(44-3)49-19(16)22(39)40)46-27-12(36)8(32)17(20(51-27)23(41)42)48-26-10(34)5(29)14(43-2)18(50-26)21(37)38;;;/h5-20,24-36H,1H2,2-3H3,(H,37,38)(H,39,40)(H,41,42);2*1H4;1H/p-4/t5-,6?,7+,8?,9?,10?,11?,12?,13?,14-,15-,16-,17-,18?,19+,20?,24+,25-,26+,27+;;;/m0.../s1. The maximum atomic E-state index is 12.5. The molecule has 310 valence electrons. The average Bonchev–Trinajstić information content (AvgIpc) is 3.07.